The van der Waals surface area contributed by atoms with Gasteiger partial charge >= 0.3 is 18.0 Å². The van der Waals surface area contributed by atoms with Crippen LogP contribution in [0.3, 0.4) is 0 Å². The van der Waals surface area contributed by atoms with E-state index in [0.717, 1.165) is 12.8 Å². The van der Waals surface area contributed by atoms with Gasteiger partial charge in [0.2, 0.25) is 5.79 Å². The van der Waals surface area contributed by atoms with E-state index in [1.807, 2.05) is 33.8 Å². The molecule has 3 fully saturated rings. The molecular weight excluding hydrogens is 1310 g/mol. The molecule has 2 saturated heterocycles. The number of aromatic hydroxyl groups is 1. The van der Waals surface area contributed by atoms with E-state index in [4.69, 9.17) is 41.7 Å². The zero-order valence-electron chi connectivity index (χ0n) is 62.1. The number of carbonyl (C=O) groups is 6. The quantitative estimate of drug-likeness (QED) is 0.0267. The Labute approximate surface area is 592 Å². The van der Waals surface area contributed by atoms with Crippen molar-refractivity contribution in [3.8, 4) is 28.2 Å². The Kier molecular flexibility index (Phi) is 25.8. The zero-order valence-corrected chi connectivity index (χ0v) is 64.1. The van der Waals surface area contributed by atoms with E-state index in [2.05, 4.69) is 79.1 Å². The van der Waals surface area contributed by atoms with Crippen LogP contribution in [0.2, 0.25) is 36.3 Å². The summed E-state index contributed by atoms with van der Waals surface area (Å²) in [5, 5.41) is 37.0. The minimum atomic E-state index is -2.81. The van der Waals surface area contributed by atoms with E-state index in [-0.39, 0.29) is 125 Å². The number of aromatic carboxylic acids is 1. The van der Waals surface area contributed by atoms with Crippen molar-refractivity contribution >= 4 is 63.1 Å². The fraction of sp³-hybridized carbons (Fsp3) is 0.623. The number of carboxylic acid groups (broad SMARTS) is 1. The van der Waals surface area contributed by atoms with Crippen molar-refractivity contribution in [2.24, 2.45) is 29.6 Å². The highest BCUT2D eigenvalue weighted by Crippen LogP contribution is 2.47. The van der Waals surface area contributed by atoms with Crippen molar-refractivity contribution in [1.82, 2.24) is 10.2 Å². The molecule has 8 unspecified atom stereocenters. The summed E-state index contributed by atoms with van der Waals surface area (Å²) in [6.07, 6.45) is 2.50. The van der Waals surface area contributed by atoms with Gasteiger partial charge in [0.25, 0.3) is 11.7 Å². The topological polar surface area (TPSA) is 282 Å². The smallest absolute Gasteiger partial charge is 0.407 e. The summed E-state index contributed by atoms with van der Waals surface area (Å²) in [4.78, 5) is 101. The number of Topliss-reactive ketones (excluding diaryl/α,β-unsaturated/α-hetero) is 2. The predicted molar refractivity (Wildman–Crippen MR) is 386 cm³/mol. The number of phenols is 1. The number of carboxylic acids is 1. The van der Waals surface area contributed by atoms with Crippen LogP contribution in [0.1, 0.15) is 163 Å². The number of piperidine rings is 1. The second-order valence-corrected chi connectivity index (χ2v) is 41.2. The van der Waals surface area contributed by atoms with Gasteiger partial charge in [-0.15, -0.1) is 0 Å². The number of allylic oxidation sites excluding steroid dienone is 2. The lowest BCUT2D eigenvalue weighted by Crippen LogP contribution is -2.64. The number of nitrogens with zero attached hydrogens (tertiary/aromatic N) is 1. The summed E-state index contributed by atoms with van der Waals surface area (Å²) in [5.41, 5.74) is 2.12. The van der Waals surface area contributed by atoms with Gasteiger partial charge in [-0.2, -0.15) is 0 Å². The second-order valence-electron chi connectivity index (χ2n) is 31.6. The Morgan fingerprint density at radius 2 is 1.42 bits per heavy atom. The summed E-state index contributed by atoms with van der Waals surface area (Å²) in [6, 6.07) is 12.4. The van der Waals surface area contributed by atoms with Gasteiger partial charge in [-0.25, -0.2) is 14.4 Å². The van der Waals surface area contributed by atoms with Crippen LogP contribution in [-0.4, -0.2) is 161 Å². The lowest BCUT2D eigenvalue weighted by Gasteiger charge is -2.47. The number of cyclic esters (lactones) is 1. The molecule has 4 heterocycles. The first-order valence-electron chi connectivity index (χ1n) is 35.6. The molecule has 2 aliphatic carbocycles. The number of ketones is 2. The third kappa shape index (κ3) is 18.0. The molecule has 0 spiro atoms. The van der Waals surface area contributed by atoms with E-state index in [0.29, 0.717) is 65.3 Å². The maximum atomic E-state index is 15.7. The van der Waals surface area contributed by atoms with Gasteiger partial charge in [-0.1, -0.05) is 99.6 Å². The van der Waals surface area contributed by atoms with Gasteiger partial charge in [0.1, 0.15) is 35.3 Å². The number of amides is 2. The van der Waals surface area contributed by atoms with E-state index < -0.39 is 101 Å². The number of ether oxygens (including phenoxy) is 6. The van der Waals surface area contributed by atoms with Gasteiger partial charge in [-0.3, -0.25) is 19.2 Å². The first kappa shape index (κ1) is 79.3. The van der Waals surface area contributed by atoms with Crippen LogP contribution >= 0.6 is 0 Å². The van der Waals surface area contributed by atoms with E-state index >= 15 is 9.59 Å². The number of hydrogen-bond acceptors (Lipinski definition) is 18. The van der Waals surface area contributed by atoms with Crippen LogP contribution in [0.25, 0.3) is 33.4 Å². The maximum Gasteiger partial charge on any atom is 0.407 e. The summed E-state index contributed by atoms with van der Waals surface area (Å²) in [7, 11) is -0.282. The van der Waals surface area contributed by atoms with Crippen LogP contribution in [0.4, 0.5) is 4.79 Å². The molecule has 2 aromatic carbocycles. The highest BCUT2D eigenvalue weighted by molar-refractivity contribution is 6.74. The predicted octanol–water partition coefficient (Wildman–Crippen LogP) is 13.7. The SMILES string of the molecule is COC1CC(C=C(C)C2OC(=O)C3CCCCN3C(=O)C(=O)C3(O)O[C@@H]([C@@H](OC)CC3C)[C@@H](OC)C[C@@H](C)CC(C)C=C(CCOC(=O)NCc3c(O)ccc4c(-c5ccccc5C(=O)O)c5ccc(=O)cc-5oc34)C(=O)C[C@H](O[Si](C)(C)C(C)(C)C)[C@H]2C)CCC1O[Si](C)(C)C(C)(C)C. The van der Waals surface area contributed by atoms with Crippen LogP contribution in [-0.2, 0) is 63.0 Å². The molecule has 2 amide bonds. The monoisotopic (exact) mass is 1420 g/mol. The minimum absolute atomic E-state index is 0.00631. The average Bonchev–Trinajstić information content (AvgIpc) is 0.755. The molecule has 0 aromatic heterocycles. The van der Waals surface area contributed by atoms with Gasteiger partial charge < -0.3 is 67.2 Å². The third-order valence-corrected chi connectivity index (χ3v) is 31.3. The fourth-order valence-corrected chi connectivity index (χ4v) is 17.3. The molecule has 0 radical (unpaired) electrons. The largest absolute Gasteiger partial charge is 0.507 e. The molecule has 4 aliphatic heterocycles. The summed E-state index contributed by atoms with van der Waals surface area (Å²) >= 11 is 0. The summed E-state index contributed by atoms with van der Waals surface area (Å²) < 4.78 is 58.2. The molecule has 14 atom stereocenters. The number of benzene rings is 3. The lowest BCUT2D eigenvalue weighted by atomic mass is 9.81. The van der Waals surface area contributed by atoms with Crippen LogP contribution in [0.5, 0.6) is 5.75 Å². The lowest BCUT2D eigenvalue weighted by molar-refractivity contribution is -0.302. The molecule has 21 nitrogen and oxygen atoms in total. The fourth-order valence-electron chi connectivity index (χ4n) is 14.5. The van der Waals surface area contributed by atoms with Crippen molar-refractivity contribution in [2.45, 2.75) is 244 Å². The highest BCUT2D eigenvalue weighted by atomic mass is 28.4. The average molecular weight is 1420 g/mol. The Balaban J connectivity index is 1.17. The molecule has 4 N–H and O–H groups in total. The van der Waals surface area contributed by atoms with Crippen molar-refractivity contribution in [3.05, 3.63) is 99.2 Å². The molecule has 6 aliphatic rings. The van der Waals surface area contributed by atoms with Crippen LogP contribution < -0.4 is 10.7 Å². The second kappa shape index (κ2) is 32.5. The van der Waals surface area contributed by atoms with Crippen molar-refractivity contribution in [2.75, 3.05) is 34.5 Å². The Bertz CT molecular complexity index is 3700. The molecule has 2 bridgehead atoms. The van der Waals surface area contributed by atoms with Crippen molar-refractivity contribution in [3.63, 3.8) is 0 Å². The normalized spacial score (nSPS) is 28.6. The first-order chi connectivity index (χ1) is 46.8. The van der Waals surface area contributed by atoms with E-state index in [1.54, 1.807) is 44.4 Å². The number of alkyl carbamates (subject to hydrolysis) is 1. The number of fused-ring (bicyclic) bond motifs is 5. The molecule has 8 rings (SSSR count). The van der Waals surface area contributed by atoms with Crippen LogP contribution in [0, 0.1) is 29.6 Å². The summed E-state index contributed by atoms with van der Waals surface area (Å²) in [5.74, 6) is -9.33. The van der Waals surface area contributed by atoms with Gasteiger partial charge in [-0.05, 0) is 166 Å². The number of rotatable bonds is 16. The maximum absolute atomic E-state index is 15.7. The Hall–Kier alpha value is -6.42. The molecule has 23 heteroatoms. The van der Waals surface area contributed by atoms with E-state index in [1.165, 1.54) is 43.4 Å². The Morgan fingerprint density at radius 1 is 0.770 bits per heavy atom. The van der Waals surface area contributed by atoms with Gasteiger partial charge in [0, 0.05) is 75.1 Å². The number of nitrogens with one attached hydrogen (secondary N) is 1. The summed E-state index contributed by atoms with van der Waals surface area (Å²) in [6.45, 7) is 30.5. The first-order valence-corrected chi connectivity index (χ1v) is 41.4. The van der Waals surface area contributed by atoms with Crippen LogP contribution in [0.15, 0.2) is 87.1 Å². The molecule has 550 valence electrons. The highest BCUT2D eigenvalue weighted by Gasteiger charge is 2.57. The zero-order chi connectivity index (χ0) is 73.7. The Morgan fingerprint density at radius 3 is 2.07 bits per heavy atom. The van der Waals surface area contributed by atoms with Crippen molar-refractivity contribution < 1.29 is 85.8 Å². The number of hydrogen-bond donors (Lipinski definition) is 4. The number of phenolic OH excluding ortho intramolecular Hbond substituents is 1. The number of esters is 1. The van der Waals surface area contributed by atoms with E-state index in [9.17, 15) is 39.3 Å². The van der Waals surface area contributed by atoms with Crippen molar-refractivity contribution in [1.29, 1.82) is 0 Å². The molecule has 100 heavy (non-hydrogen) atoms. The third-order valence-electron chi connectivity index (χ3n) is 22.3. The molecule has 1 saturated carbocycles. The number of methoxy groups -OCH3 is 3. The standard InChI is InChI=1S/C77H110N2O19Si2/c1-44-35-45(2)37-64(91-13)69-65(92-14)39-47(4)77(89,96-69)70(83)71(84)79-33-22-21-25-57(79)73(87)95-67(46(3)38-49-26-31-60(63(40-49)90-12)97-99(15,16)75(6,7)8)48(5)61(98-100(17,18)76(9,10)11)42-59(82)50(36-44)32-34-93-74(88)78-43-56-58(81)30-29-55-66(52-23-19-20-24-53(52)72(85)86)54-28-27-51(80)41-62(54)94-68(55)56/h19-20,23-24,27-30,36,38,41,44-45,47-49,57,60-61,63-65,67,69,81,89H,21-22,25-26,31-35,37,39-40,42-43H2,1-18H3,(H,78,88)(H,85,86)/t44?,45-,47?,48+,49?,57?,60?,61-,63?,64-,65-,67?,69+,77?/m0/s1. The van der Waals surface area contributed by atoms with Gasteiger partial charge in [0.15, 0.2) is 27.8 Å². The molecule has 2 aromatic rings. The number of aliphatic hydroxyl groups is 1. The number of carbonyl (C=O) groups excluding carboxylic acids is 5. The minimum Gasteiger partial charge on any atom is -0.507 e. The molecular formula is C77H110N2O19Si2. The van der Waals surface area contributed by atoms with Gasteiger partial charge in [0.05, 0.1) is 54.8 Å².